The Labute approximate surface area is 131 Å². The van der Waals surface area contributed by atoms with Gasteiger partial charge in [0.05, 0.1) is 17.4 Å². The minimum Gasteiger partial charge on any atom is -0.463 e. The highest BCUT2D eigenvalue weighted by molar-refractivity contribution is 5.80. The van der Waals surface area contributed by atoms with Crippen LogP contribution in [-0.4, -0.2) is 54.6 Å². The van der Waals surface area contributed by atoms with Gasteiger partial charge in [-0.05, 0) is 33.6 Å². The molecule has 0 saturated heterocycles. The van der Waals surface area contributed by atoms with E-state index in [1.807, 2.05) is 6.92 Å². The number of ether oxygens (including phenoxy) is 2. The van der Waals surface area contributed by atoms with Crippen LogP contribution in [0, 0.1) is 10.8 Å². The average Bonchev–Trinajstić information content (AvgIpc) is 2.48. The molecular weight excluding hydrogens is 290 g/mol. The lowest BCUT2D eigenvalue weighted by molar-refractivity contribution is -0.165. The van der Waals surface area contributed by atoms with E-state index in [-0.39, 0.29) is 32.8 Å². The summed E-state index contributed by atoms with van der Waals surface area (Å²) >= 11 is 0. The molecule has 0 fully saturated rings. The largest absolute Gasteiger partial charge is 0.463 e. The van der Waals surface area contributed by atoms with Crippen molar-refractivity contribution in [2.75, 3.05) is 26.4 Å². The van der Waals surface area contributed by atoms with E-state index < -0.39 is 28.9 Å². The lowest BCUT2D eigenvalue weighted by Gasteiger charge is -2.33. The minimum absolute atomic E-state index is 0.00781. The van der Waals surface area contributed by atoms with Gasteiger partial charge in [0.15, 0.2) is 0 Å². The predicted molar refractivity (Wildman–Crippen MR) is 80.9 cm³/mol. The van der Waals surface area contributed by atoms with E-state index in [9.17, 15) is 14.7 Å². The first-order valence-electron chi connectivity index (χ1n) is 7.46. The topological polar surface area (TPSA) is 119 Å². The van der Waals surface area contributed by atoms with E-state index in [0.717, 1.165) is 0 Å². The Bertz CT molecular complexity index is 371. The van der Waals surface area contributed by atoms with Crippen molar-refractivity contribution in [1.29, 1.82) is 0 Å². The Kier molecular flexibility index (Phi) is 8.58. The number of aliphatic hydroxyl groups excluding tert-OH is 2. The molecule has 2 atom stereocenters. The Morgan fingerprint density at radius 3 is 2.23 bits per heavy atom. The van der Waals surface area contributed by atoms with Crippen molar-refractivity contribution >= 4 is 11.9 Å². The second-order valence-electron chi connectivity index (χ2n) is 6.32. The highest BCUT2D eigenvalue weighted by Gasteiger charge is 2.42. The van der Waals surface area contributed by atoms with Gasteiger partial charge in [0.25, 0.3) is 0 Å². The summed E-state index contributed by atoms with van der Waals surface area (Å²) in [5.41, 5.74) is 3.48. The van der Waals surface area contributed by atoms with Gasteiger partial charge in [-0.15, -0.1) is 0 Å². The van der Waals surface area contributed by atoms with Gasteiger partial charge in [0.2, 0.25) is 0 Å². The quantitative estimate of drug-likeness (QED) is 0.493. The molecule has 0 aromatic carbocycles. The summed E-state index contributed by atoms with van der Waals surface area (Å²) in [5.74, 6) is -0.957. The van der Waals surface area contributed by atoms with Crippen LogP contribution in [0.2, 0.25) is 0 Å². The van der Waals surface area contributed by atoms with Crippen molar-refractivity contribution in [2.24, 2.45) is 16.6 Å². The number of hydrogen-bond acceptors (Lipinski definition) is 7. The number of hydrogen-bond donors (Lipinski definition) is 3. The van der Waals surface area contributed by atoms with Gasteiger partial charge in [-0.3, -0.25) is 9.59 Å². The zero-order valence-corrected chi connectivity index (χ0v) is 13.9. The first-order valence-corrected chi connectivity index (χ1v) is 7.46. The van der Waals surface area contributed by atoms with Crippen molar-refractivity contribution < 1.29 is 29.3 Å². The Balaban J connectivity index is 4.81. The maximum atomic E-state index is 12.1. The molecule has 0 radical (unpaired) electrons. The van der Waals surface area contributed by atoms with Crippen LogP contribution < -0.4 is 5.73 Å². The molecule has 0 spiro atoms. The average molecular weight is 319 g/mol. The fourth-order valence-corrected chi connectivity index (χ4v) is 2.14. The second-order valence-corrected chi connectivity index (χ2v) is 6.32. The predicted octanol–water partition coefficient (Wildman–Crippen LogP) is 0.217. The van der Waals surface area contributed by atoms with Crippen LogP contribution in [0.15, 0.2) is 0 Å². The molecule has 0 aromatic heterocycles. The lowest BCUT2D eigenvalue weighted by atomic mass is 9.72. The molecule has 0 bridgehead atoms. The van der Waals surface area contributed by atoms with E-state index in [0.29, 0.717) is 6.42 Å². The van der Waals surface area contributed by atoms with E-state index in [1.54, 1.807) is 20.8 Å². The summed E-state index contributed by atoms with van der Waals surface area (Å²) in [6.07, 6.45) is -0.177. The van der Waals surface area contributed by atoms with Crippen molar-refractivity contribution in [3.05, 3.63) is 0 Å². The summed E-state index contributed by atoms with van der Waals surface area (Å²) in [5, 5.41) is 18.1. The molecule has 7 nitrogen and oxygen atoms in total. The third kappa shape index (κ3) is 6.29. The Morgan fingerprint density at radius 1 is 1.18 bits per heavy atom. The molecule has 0 heterocycles. The maximum Gasteiger partial charge on any atom is 0.311 e. The van der Waals surface area contributed by atoms with Crippen molar-refractivity contribution in [3.63, 3.8) is 0 Å². The van der Waals surface area contributed by atoms with Crippen LogP contribution >= 0.6 is 0 Å². The summed E-state index contributed by atoms with van der Waals surface area (Å²) in [6, 6.07) is 0. The van der Waals surface area contributed by atoms with Crippen LogP contribution in [0.5, 0.6) is 0 Å². The molecule has 0 aliphatic heterocycles. The van der Waals surface area contributed by atoms with Gasteiger partial charge >= 0.3 is 11.9 Å². The molecule has 0 aliphatic carbocycles. The smallest absolute Gasteiger partial charge is 0.311 e. The van der Waals surface area contributed by atoms with Gasteiger partial charge < -0.3 is 25.4 Å². The molecule has 0 amide bonds. The monoisotopic (exact) mass is 319 g/mol. The molecule has 0 rings (SSSR count). The zero-order valence-electron chi connectivity index (χ0n) is 13.9. The van der Waals surface area contributed by atoms with Crippen LogP contribution in [-0.2, 0) is 19.1 Å². The van der Waals surface area contributed by atoms with Crippen LogP contribution in [0.25, 0.3) is 0 Å². The molecular formula is C15H29NO6. The van der Waals surface area contributed by atoms with Crippen molar-refractivity contribution in [1.82, 2.24) is 0 Å². The summed E-state index contributed by atoms with van der Waals surface area (Å²) in [4.78, 5) is 24.3. The molecule has 0 aromatic rings. The molecule has 22 heavy (non-hydrogen) atoms. The number of carbonyl (C=O) groups excluding carboxylic acids is 2. The fourth-order valence-electron chi connectivity index (χ4n) is 2.14. The first-order chi connectivity index (χ1) is 10.1. The number of esters is 2. The molecule has 0 aliphatic rings. The molecule has 7 heteroatoms. The van der Waals surface area contributed by atoms with Crippen LogP contribution in [0.1, 0.15) is 40.5 Å². The Hall–Kier alpha value is -1.18. The van der Waals surface area contributed by atoms with Gasteiger partial charge in [0, 0.05) is 6.54 Å². The summed E-state index contributed by atoms with van der Waals surface area (Å²) in [7, 11) is 0. The summed E-state index contributed by atoms with van der Waals surface area (Å²) < 4.78 is 10.0. The second kappa shape index (κ2) is 9.07. The normalized spacial score (nSPS) is 15.8. The molecule has 4 N–H and O–H groups in total. The SMILES string of the molecule is CCC(C)(CC(C)(C)C(=O)OCC(O)CN)C(=O)OCCO. The van der Waals surface area contributed by atoms with E-state index >= 15 is 0 Å². The highest BCUT2D eigenvalue weighted by Crippen LogP contribution is 2.38. The number of carbonyl (C=O) groups is 2. The van der Waals surface area contributed by atoms with E-state index in [2.05, 4.69) is 0 Å². The first kappa shape index (κ1) is 20.8. The zero-order chi connectivity index (χ0) is 17.4. The molecule has 130 valence electrons. The maximum absolute atomic E-state index is 12.1. The third-order valence-electron chi connectivity index (χ3n) is 3.66. The fraction of sp³-hybridized carbons (Fsp3) is 0.867. The standard InChI is InChI=1S/C15H29NO6/c1-5-15(4,13(20)21-7-6-17)10-14(2,3)12(19)22-9-11(18)8-16/h11,17-18H,5-10,16H2,1-4H3. The van der Waals surface area contributed by atoms with Crippen LogP contribution in [0.3, 0.4) is 0 Å². The number of rotatable bonds is 10. The van der Waals surface area contributed by atoms with Gasteiger partial charge in [-0.1, -0.05) is 6.92 Å². The molecule has 2 unspecified atom stereocenters. The third-order valence-corrected chi connectivity index (χ3v) is 3.66. The lowest BCUT2D eigenvalue weighted by Crippen LogP contribution is -2.40. The Morgan fingerprint density at radius 2 is 1.77 bits per heavy atom. The van der Waals surface area contributed by atoms with Gasteiger partial charge in [-0.25, -0.2) is 0 Å². The van der Waals surface area contributed by atoms with Crippen molar-refractivity contribution in [3.8, 4) is 0 Å². The molecule has 0 saturated carbocycles. The van der Waals surface area contributed by atoms with Gasteiger partial charge in [-0.2, -0.15) is 0 Å². The van der Waals surface area contributed by atoms with Crippen molar-refractivity contribution in [2.45, 2.75) is 46.6 Å². The number of nitrogens with two attached hydrogens (primary N) is 1. The minimum atomic E-state index is -0.919. The van der Waals surface area contributed by atoms with E-state index in [4.69, 9.17) is 20.3 Å². The summed E-state index contributed by atoms with van der Waals surface area (Å²) in [6.45, 7) is 6.44. The number of aliphatic hydroxyl groups is 2. The van der Waals surface area contributed by atoms with Crippen LogP contribution in [0.4, 0.5) is 0 Å². The highest BCUT2D eigenvalue weighted by atomic mass is 16.5. The van der Waals surface area contributed by atoms with Gasteiger partial charge in [0.1, 0.15) is 19.3 Å². The van der Waals surface area contributed by atoms with E-state index in [1.165, 1.54) is 0 Å².